The van der Waals surface area contributed by atoms with Crippen LogP contribution in [0.5, 0.6) is 0 Å². The van der Waals surface area contributed by atoms with Crippen LogP contribution in [0.15, 0.2) is 55.0 Å². The third kappa shape index (κ3) is 2.54. The molecule has 0 fully saturated rings. The molecule has 0 unspecified atom stereocenters. The van der Waals surface area contributed by atoms with Crippen LogP contribution in [0.4, 0.5) is 0 Å². The smallest absolute Gasteiger partial charge is 0.130 e. The summed E-state index contributed by atoms with van der Waals surface area (Å²) in [6.45, 7) is 0. The number of fused-ring (bicyclic) bond motifs is 1. The minimum absolute atomic E-state index is 0.816. The van der Waals surface area contributed by atoms with Crippen LogP contribution >= 0.6 is 11.3 Å². The molecule has 0 spiro atoms. The highest BCUT2D eigenvalue weighted by molar-refractivity contribution is 7.19. The van der Waals surface area contributed by atoms with E-state index in [4.69, 9.17) is 0 Å². The van der Waals surface area contributed by atoms with Gasteiger partial charge < -0.3 is 4.98 Å². The van der Waals surface area contributed by atoms with Crippen LogP contribution < -0.4 is 0 Å². The molecule has 106 valence electrons. The van der Waals surface area contributed by atoms with Crippen molar-refractivity contribution >= 4 is 33.7 Å². The molecule has 1 N–H and O–H groups in total. The highest BCUT2D eigenvalue weighted by Gasteiger charge is 2.02. The number of hydrogen-bond acceptors (Lipinski definition) is 4. The number of thiazole rings is 1. The van der Waals surface area contributed by atoms with Crippen LogP contribution in [0.1, 0.15) is 10.8 Å². The average Bonchev–Trinajstić information content (AvgIpc) is 3.20. The van der Waals surface area contributed by atoms with E-state index in [1.807, 2.05) is 42.6 Å². The van der Waals surface area contributed by atoms with E-state index in [1.165, 1.54) is 0 Å². The van der Waals surface area contributed by atoms with E-state index in [2.05, 4.69) is 32.1 Å². The third-order valence-electron chi connectivity index (χ3n) is 3.27. The van der Waals surface area contributed by atoms with Gasteiger partial charge in [-0.3, -0.25) is 4.98 Å². The number of rotatable bonds is 3. The van der Waals surface area contributed by atoms with Crippen molar-refractivity contribution in [3.05, 3.63) is 65.8 Å². The van der Waals surface area contributed by atoms with Crippen molar-refractivity contribution in [3.63, 3.8) is 0 Å². The maximum Gasteiger partial charge on any atom is 0.130 e. The summed E-state index contributed by atoms with van der Waals surface area (Å²) in [5.41, 5.74) is 3.06. The minimum atomic E-state index is 0.816. The summed E-state index contributed by atoms with van der Waals surface area (Å²) in [6, 6.07) is 12.1. The predicted molar refractivity (Wildman–Crippen MR) is 90.4 cm³/mol. The molecule has 0 atom stereocenters. The minimum Gasteiger partial charge on any atom is -0.338 e. The number of nitrogens with one attached hydrogen (secondary N) is 1. The van der Waals surface area contributed by atoms with Crippen LogP contribution in [0.3, 0.4) is 0 Å². The fourth-order valence-corrected chi connectivity index (χ4v) is 3.04. The van der Waals surface area contributed by atoms with Crippen molar-refractivity contribution < 1.29 is 0 Å². The molecule has 4 rings (SSSR count). The van der Waals surface area contributed by atoms with Gasteiger partial charge in [-0.05, 0) is 23.8 Å². The number of benzene rings is 1. The molecule has 0 amide bonds. The zero-order valence-corrected chi connectivity index (χ0v) is 12.4. The molecule has 1 aromatic carbocycles. The lowest BCUT2D eigenvalue weighted by Crippen LogP contribution is -1.77. The highest BCUT2D eigenvalue weighted by atomic mass is 32.1. The fraction of sp³-hybridized carbons (Fsp3) is 0. The zero-order chi connectivity index (χ0) is 14.8. The summed E-state index contributed by atoms with van der Waals surface area (Å²) in [7, 11) is 0. The number of imidazole rings is 1. The normalized spacial score (nSPS) is 11.5. The first-order valence-corrected chi connectivity index (χ1v) is 7.69. The van der Waals surface area contributed by atoms with E-state index < -0.39 is 0 Å². The van der Waals surface area contributed by atoms with E-state index in [-0.39, 0.29) is 0 Å². The lowest BCUT2D eigenvalue weighted by atomic mass is 10.2. The standard InChI is InChI=1S/C17H12N4S/c1-2-4-12(5-3-1)13-11-19-16(20-13)6-7-17-21-14-10-18-9-8-15(14)22-17/h1-11H,(H,19,20)/b7-6+. The lowest BCUT2D eigenvalue weighted by Gasteiger charge is -1.94. The van der Waals surface area contributed by atoms with Gasteiger partial charge in [-0.2, -0.15) is 0 Å². The second-order valence-corrected chi connectivity index (χ2v) is 5.84. The van der Waals surface area contributed by atoms with E-state index in [0.717, 1.165) is 32.3 Å². The molecule has 5 heteroatoms. The molecule has 0 bridgehead atoms. The fourth-order valence-electron chi connectivity index (χ4n) is 2.21. The Kier molecular flexibility index (Phi) is 3.25. The van der Waals surface area contributed by atoms with Gasteiger partial charge in [0.1, 0.15) is 16.3 Å². The van der Waals surface area contributed by atoms with Crippen molar-refractivity contribution in [3.8, 4) is 11.3 Å². The first-order chi connectivity index (χ1) is 10.9. The van der Waals surface area contributed by atoms with Gasteiger partial charge in [0.15, 0.2) is 0 Å². The second-order valence-electron chi connectivity index (χ2n) is 4.78. The van der Waals surface area contributed by atoms with Gasteiger partial charge in [-0.25, -0.2) is 9.97 Å². The van der Waals surface area contributed by atoms with E-state index >= 15 is 0 Å². The molecule has 0 radical (unpaired) electrons. The molecule has 4 aromatic rings. The summed E-state index contributed by atoms with van der Waals surface area (Å²) >= 11 is 1.64. The van der Waals surface area contributed by atoms with E-state index in [9.17, 15) is 0 Å². The number of hydrogen-bond donors (Lipinski definition) is 1. The summed E-state index contributed by atoms with van der Waals surface area (Å²) in [5, 5.41) is 0.945. The Morgan fingerprint density at radius 3 is 2.77 bits per heavy atom. The maximum absolute atomic E-state index is 4.52. The van der Waals surface area contributed by atoms with Crippen LogP contribution in [-0.4, -0.2) is 19.9 Å². The molecular weight excluding hydrogens is 292 g/mol. The van der Waals surface area contributed by atoms with Gasteiger partial charge in [0.2, 0.25) is 0 Å². The summed E-state index contributed by atoms with van der Waals surface area (Å²) in [4.78, 5) is 16.3. The van der Waals surface area contributed by atoms with Crippen molar-refractivity contribution in [1.82, 2.24) is 19.9 Å². The summed E-state index contributed by atoms with van der Waals surface area (Å²) < 4.78 is 1.14. The Morgan fingerprint density at radius 1 is 1.00 bits per heavy atom. The van der Waals surface area contributed by atoms with E-state index in [0.29, 0.717) is 0 Å². The lowest BCUT2D eigenvalue weighted by molar-refractivity contribution is 1.27. The molecule has 0 saturated carbocycles. The topological polar surface area (TPSA) is 54.5 Å². The van der Waals surface area contributed by atoms with Gasteiger partial charge in [0.25, 0.3) is 0 Å². The Labute approximate surface area is 131 Å². The Bertz CT molecular complexity index is 904. The molecular formula is C17H12N4S. The molecule has 0 aliphatic heterocycles. The number of aromatic nitrogens is 4. The summed E-state index contributed by atoms with van der Waals surface area (Å²) in [6.07, 6.45) is 9.32. The van der Waals surface area contributed by atoms with Crippen LogP contribution in [0, 0.1) is 0 Å². The monoisotopic (exact) mass is 304 g/mol. The molecule has 0 aliphatic rings. The van der Waals surface area contributed by atoms with Crippen molar-refractivity contribution in [2.45, 2.75) is 0 Å². The van der Waals surface area contributed by atoms with Crippen LogP contribution in [0.25, 0.3) is 33.6 Å². The molecule has 3 aromatic heterocycles. The molecule has 0 saturated heterocycles. The van der Waals surface area contributed by atoms with Crippen molar-refractivity contribution in [2.24, 2.45) is 0 Å². The SMILES string of the molecule is C(=C\c1nc2cnccc2s1)/c1ncc(-c2ccccc2)[nH]1. The Balaban J connectivity index is 1.59. The number of pyridine rings is 1. The van der Waals surface area contributed by atoms with Gasteiger partial charge >= 0.3 is 0 Å². The van der Waals surface area contributed by atoms with Crippen molar-refractivity contribution in [1.29, 1.82) is 0 Å². The quantitative estimate of drug-likeness (QED) is 0.615. The largest absolute Gasteiger partial charge is 0.338 e. The zero-order valence-electron chi connectivity index (χ0n) is 11.6. The van der Waals surface area contributed by atoms with Gasteiger partial charge in [0.05, 0.1) is 22.8 Å². The van der Waals surface area contributed by atoms with Crippen molar-refractivity contribution in [2.75, 3.05) is 0 Å². The van der Waals surface area contributed by atoms with Gasteiger partial charge in [-0.15, -0.1) is 11.3 Å². The van der Waals surface area contributed by atoms with Gasteiger partial charge in [0, 0.05) is 6.20 Å². The third-order valence-corrected chi connectivity index (χ3v) is 4.27. The van der Waals surface area contributed by atoms with Crippen LogP contribution in [-0.2, 0) is 0 Å². The number of H-pyrrole nitrogens is 1. The predicted octanol–water partition coefficient (Wildman–Crippen LogP) is 4.25. The van der Waals surface area contributed by atoms with Crippen LogP contribution in [0.2, 0.25) is 0 Å². The van der Waals surface area contributed by atoms with E-state index in [1.54, 1.807) is 23.7 Å². The Morgan fingerprint density at radius 2 is 1.91 bits per heavy atom. The average molecular weight is 304 g/mol. The van der Waals surface area contributed by atoms with Gasteiger partial charge in [-0.1, -0.05) is 30.3 Å². The Hall–Kier alpha value is -2.79. The molecule has 3 heterocycles. The maximum atomic E-state index is 4.52. The highest BCUT2D eigenvalue weighted by Crippen LogP contribution is 2.22. The first kappa shape index (κ1) is 12.9. The molecule has 22 heavy (non-hydrogen) atoms. The molecule has 4 nitrogen and oxygen atoms in total. The number of aromatic amines is 1. The number of nitrogens with zero attached hydrogens (tertiary/aromatic N) is 3. The summed E-state index contributed by atoms with van der Waals surface area (Å²) in [5.74, 6) is 0.816. The second kappa shape index (κ2) is 5.54. The first-order valence-electron chi connectivity index (χ1n) is 6.87. The molecule has 0 aliphatic carbocycles.